The fourth-order valence-corrected chi connectivity index (χ4v) is 1.01. The largest absolute Gasteiger partial charge is 0.382 e. The van der Waals surface area contributed by atoms with Gasteiger partial charge in [-0.15, -0.1) is 0 Å². The Labute approximate surface area is 80.6 Å². The van der Waals surface area contributed by atoms with E-state index in [1.54, 1.807) is 7.11 Å². The van der Waals surface area contributed by atoms with E-state index in [1.807, 2.05) is 0 Å². The average Bonchev–Trinajstić information content (AvgIpc) is 2.13. The average molecular weight is 190 g/mol. The molecule has 0 aromatic heterocycles. The zero-order chi connectivity index (χ0) is 9.94. The number of methoxy groups -OCH3 is 1. The lowest BCUT2D eigenvalue weighted by Crippen LogP contribution is -2.27. The maximum absolute atomic E-state index is 5.79. The van der Waals surface area contributed by atoms with Gasteiger partial charge in [-0.3, -0.25) is 0 Å². The van der Waals surface area contributed by atoms with Crippen LogP contribution in [-0.4, -0.2) is 39.5 Å². The predicted molar refractivity (Wildman–Crippen MR) is 53.6 cm³/mol. The Hall–Kier alpha value is -0.160. The van der Waals surface area contributed by atoms with Crippen LogP contribution in [-0.2, 0) is 9.47 Å². The SMILES string of the molecule is COCCOCC(N)CCCCN. The Morgan fingerprint density at radius 3 is 2.62 bits per heavy atom. The highest BCUT2D eigenvalue weighted by atomic mass is 16.5. The van der Waals surface area contributed by atoms with Crippen LogP contribution >= 0.6 is 0 Å². The minimum absolute atomic E-state index is 0.142. The molecule has 0 aliphatic rings. The normalized spacial score (nSPS) is 13.2. The van der Waals surface area contributed by atoms with Crippen LogP contribution in [0.2, 0.25) is 0 Å². The van der Waals surface area contributed by atoms with Gasteiger partial charge in [0.15, 0.2) is 0 Å². The zero-order valence-electron chi connectivity index (χ0n) is 8.50. The van der Waals surface area contributed by atoms with Crippen LogP contribution in [0.5, 0.6) is 0 Å². The van der Waals surface area contributed by atoms with Crippen LogP contribution in [0.25, 0.3) is 0 Å². The van der Waals surface area contributed by atoms with E-state index in [0.29, 0.717) is 19.8 Å². The van der Waals surface area contributed by atoms with Crippen molar-refractivity contribution in [2.45, 2.75) is 25.3 Å². The second-order valence-electron chi connectivity index (χ2n) is 3.11. The first-order valence-corrected chi connectivity index (χ1v) is 4.83. The van der Waals surface area contributed by atoms with Gasteiger partial charge in [-0.2, -0.15) is 0 Å². The van der Waals surface area contributed by atoms with Crippen LogP contribution in [0.4, 0.5) is 0 Å². The van der Waals surface area contributed by atoms with E-state index in [9.17, 15) is 0 Å². The van der Waals surface area contributed by atoms with Gasteiger partial charge in [0, 0.05) is 13.2 Å². The lowest BCUT2D eigenvalue weighted by atomic mass is 10.1. The third-order valence-corrected chi connectivity index (χ3v) is 1.79. The van der Waals surface area contributed by atoms with Gasteiger partial charge in [-0.25, -0.2) is 0 Å². The molecule has 80 valence electrons. The molecular weight excluding hydrogens is 168 g/mol. The lowest BCUT2D eigenvalue weighted by Gasteiger charge is -2.11. The van der Waals surface area contributed by atoms with Gasteiger partial charge in [-0.05, 0) is 19.4 Å². The predicted octanol–water partition coefficient (Wildman–Crippen LogP) is 0.106. The molecule has 0 aliphatic carbocycles. The first-order chi connectivity index (χ1) is 6.31. The molecule has 0 rings (SSSR count). The Bertz CT molecular complexity index is 102. The smallest absolute Gasteiger partial charge is 0.0701 e. The fourth-order valence-electron chi connectivity index (χ4n) is 1.01. The Kier molecular flexibility index (Phi) is 9.80. The van der Waals surface area contributed by atoms with Crippen LogP contribution in [0, 0.1) is 0 Å². The van der Waals surface area contributed by atoms with Crippen molar-refractivity contribution < 1.29 is 9.47 Å². The second-order valence-corrected chi connectivity index (χ2v) is 3.11. The van der Waals surface area contributed by atoms with E-state index in [2.05, 4.69) is 0 Å². The molecule has 0 aromatic rings. The number of hydrogen-bond acceptors (Lipinski definition) is 4. The number of rotatable bonds is 9. The Morgan fingerprint density at radius 2 is 2.00 bits per heavy atom. The van der Waals surface area contributed by atoms with Gasteiger partial charge in [0.25, 0.3) is 0 Å². The van der Waals surface area contributed by atoms with Gasteiger partial charge in [0.1, 0.15) is 0 Å². The topological polar surface area (TPSA) is 70.5 Å². The summed E-state index contributed by atoms with van der Waals surface area (Å²) in [5.74, 6) is 0. The Morgan fingerprint density at radius 1 is 1.23 bits per heavy atom. The molecule has 0 aromatic carbocycles. The van der Waals surface area contributed by atoms with E-state index in [1.165, 1.54) is 0 Å². The summed E-state index contributed by atoms with van der Waals surface area (Å²) in [4.78, 5) is 0. The molecule has 0 aliphatic heterocycles. The van der Waals surface area contributed by atoms with Crippen LogP contribution in [0.3, 0.4) is 0 Å². The van der Waals surface area contributed by atoms with Crippen molar-refractivity contribution in [1.29, 1.82) is 0 Å². The Balaban J connectivity index is 3.05. The number of nitrogens with two attached hydrogens (primary N) is 2. The van der Waals surface area contributed by atoms with E-state index in [4.69, 9.17) is 20.9 Å². The van der Waals surface area contributed by atoms with E-state index >= 15 is 0 Å². The molecule has 0 spiro atoms. The molecule has 0 radical (unpaired) electrons. The molecule has 0 fully saturated rings. The van der Waals surface area contributed by atoms with Crippen molar-refractivity contribution in [3.63, 3.8) is 0 Å². The van der Waals surface area contributed by atoms with E-state index in [-0.39, 0.29) is 6.04 Å². The molecule has 4 heteroatoms. The molecule has 0 heterocycles. The summed E-state index contributed by atoms with van der Waals surface area (Å²) in [6.07, 6.45) is 3.13. The highest BCUT2D eigenvalue weighted by Crippen LogP contribution is 1.98. The first kappa shape index (κ1) is 12.8. The number of hydrogen-bond donors (Lipinski definition) is 2. The zero-order valence-corrected chi connectivity index (χ0v) is 8.50. The van der Waals surface area contributed by atoms with E-state index < -0.39 is 0 Å². The van der Waals surface area contributed by atoms with Crippen molar-refractivity contribution in [3.05, 3.63) is 0 Å². The molecule has 0 bridgehead atoms. The fraction of sp³-hybridized carbons (Fsp3) is 1.00. The summed E-state index contributed by atoms with van der Waals surface area (Å²) in [5.41, 5.74) is 11.2. The van der Waals surface area contributed by atoms with Crippen LogP contribution in [0.1, 0.15) is 19.3 Å². The summed E-state index contributed by atoms with van der Waals surface area (Å²) >= 11 is 0. The molecule has 0 saturated carbocycles. The summed E-state index contributed by atoms with van der Waals surface area (Å²) in [6.45, 7) is 2.63. The van der Waals surface area contributed by atoms with Gasteiger partial charge >= 0.3 is 0 Å². The van der Waals surface area contributed by atoms with Crippen LogP contribution in [0.15, 0.2) is 0 Å². The summed E-state index contributed by atoms with van der Waals surface area (Å²) < 4.78 is 10.1. The van der Waals surface area contributed by atoms with Crippen molar-refractivity contribution in [1.82, 2.24) is 0 Å². The molecule has 4 nitrogen and oxygen atoms in total. The van der Waals surface area contributed by atoms with Crippen molar-refractivity contribution in [2.24, 2.45) is 11.5 Å². The molecule has 0 amide bonds. The highest BCUT2D eigenvalue weighted by Gasteiger charge is 2.01. The summed E-state index contributed by atoms with van der Waals surface area (Å²) in [7, 11) is 1.66. The first-order valence-electron chi connectivity index (χ1n) is 4.83. The van der Waals surface area contributed by atoms with Gasteiger partial charge in [-0.1, -0.05) is 6.42 Å². The number of unbranched alkanes of at least 4 members (excludes halogenated alkanes) is 1. The standard InChI is InChI=1S/C9H22N2O2/c1-12-6-7-13-8-9(11)4-2-3-5-10/h9H,2-8,10-11H2,1H3. The third-order valence-electron chi connectivity index (χ3n) is 1.79. The van der Waals surface area contributed by atoms with Crippen LogP contribution < -0.4 is 11.5 Å². The van der Waals surface area contributed by atoms with Gasteiger partial charge in [0.2, 0.25) is 0 Å². The lowest BCUT2D eigenvalue weighted by molar-refractivity contribution is 0.0624. The monoisotopic (exact) mass is 190 g/mol. The maximum Gasteiger partial charge on any atom is 0.0701 e. The molecule has 1 unspecified atom stereocenters. The molecule has 4 N–H and O–H groups in total. The minimum Gasteiger partial charge on any atom is -0.382 e. The molecule has 1 atom stereocenters. The van der Waals surface area contributed by atoms with Gasteiger partial charge in [0.05, 0.1) is 19.8 Å². The van der Waals surface area contributed by atoms with Crippen molar-refractivity contribution in [2.75, 3.05) is 33.5 Å². The minimum atomic E-state index is 0.142. The molecular formula is C9H22N2O2. The highest BCUT2D eigenvalue weighted by molar-refractivity contribution is 4.59. The van der Waals surface area contributed by atoms with Crippen molar-refractivity contribution >= 4 is 0 Å². The maximum atomic E-state index is 5.79. The molecule has 13 heavy (non-hydrogen) atoms. The summed E-state index contributed by atoms with van der Waals surface area (Å²) in [6, 6.07) is 0.142. The van der Waals surface area contributed by atoms with Crippen molar-refractivity contribution in [3.8, 4) is 0 Å². The summed E-state index contributed by atoms with van der Waals surface area (Å²) in [5, 5.41) is 0. The van der Waals surface area contributed by atoms with E-state index in [0.717, 1.165) is 25.8 Å². The number of ether oxygens (including phenoxy) is 2. The quantitative estimate of drug-likeness (QED) is 0.506. The third kappa shape index (κ3) is 9.76. The molecule has 0 saturated heterocycles. The van der Waals surface area contributed by atoms with Gasteiger partial charge < -0.3 is 20.9 Å². The second kappa shape index (κ2) is 9.92.